The maximum atomic E-state index is 12.9. The van der Waals surface area contributed by atoms with Crippen molar-refractivity contribution >= 4 is 5.97 Å². The number of aryl methyl sites for hydroxylation is 1. The molecular weight excluding hydrogens is 249 g/mol. The van der Waals surface area contributed by atoms with Gasteiger partial charge in [0.2, 0.25) is 0 Å². The van der Waals surface area contributed by atoms with Crippen molar-refractivity contribution in [3.8, 4) is 5.75 Å². The Kier molecular flexibility index (Phi) is 5.48. The van der Waals surface area contributed by atoms with Gasteiger partial charge >= 0.3 is 12.6 Å². The van der Waals surface area contributed by atoms with Gasteiger partial charge in [-0.2, -0.15) is 8.78 Å². The van der Waals surface area contributed by atoms with Gasteiger partial charge in [-0.05, 0) is 25.0 Å². The van der Waals surface area contributed by atoms with Crippen molar-refractivity contribution in [1.29, 1.82) is 0 Å². The minimum absolute atomic E-state index is 0.0269. The molecule has 1 aromatic carbocycles. The molecule has 0 aliphatic rings. The summed E-state index contributed by atoms with van der Waals surface area (Å²) in [7, 11) is 0. The van der Waals surface area contributed by atoms with E-state index in [9.17, 15) is 18.0 Å². The maximum absolute atomic E-state index is 12.9. The Hall–Kier alpha value is -1.72. The van der Waals surface area contributed by atoms with E-state index in [1.165, 1.54) is 6.07 Å². The summed E-state index contributed by atoms with van der Waals surface area (Å²) in [5.41, 5.74) is 0.338. The van der Waals surface area contributed by atoms with E-state index in [4.69, 9.17) is 4.74 Å². The number of esters is 1. The lowest BCUT2D eigenvalue weighted by Gasteiger charge is -2.10. The second kappa shape index (κ2) is 6.88. The van der Waals surface area contributed by atoms with Gasteiger partial charge in [0.1, 0.15) is 11.6 Å². The monoisotopic (exact) mass is 262 g/mol. The number of carbonyl (C=O) groups is 1. The van der Waals surface area contributed by atoms with E-state index >= 15 is 0 Å². The average Bonchev–Trinajstić information content (AvgIpc) is 2.27. The largest absolute Gasteiger partial charge is 0.466 e. The van der Waals surface area contributed by atoms with Gasteiger partial charge in [-0.15, -0.1) is 0 Å². The summed E-state index contributed by atoms with van der Waals surface area (Å²) in [5.74, 6) is -1.37. The Morgan fingerprint density at radius 1 is 1.39 bits per heavy atom. The molecule has 3 nitrogen and oxygen atoms in total. The van der Waals surface area contributed by atoms with Crippen LogP contribution in [0.5, 0.6) is 5.75 Å². The molecule has 0 saturated carbocycles. The Labute approximate surface area is 103 Å². The van der Waals surface area contributed by atoms with E-state index in [0.29, 0.717) is 5.56 Å². The molecule has 18 heavy (non-hydrogen) atoms. The summed E-state index contributed by atoms with van der Waals surface area (Å²) in [4.78, 5) is 11.1. The number of ether oxygens (including phenoxy) is 2. The number of alkyl halides is 2. The Morgan fingerprint density at radius 3 is 2.72 bits per heavy atom. The number of rotatable bonds is 6. The molecule has 0 atom stereocenters. The maximum Gasteiger partial charge on any atom is 0.387 e. The molecular formula is C12H13F3O3. The summed E-state index contributed by atoms with van der Waals surface area (Å²) in [6.45, 7) is -1.11. The second-order valence-electron chi connectivity index (χ2n) is 3.44. The highest BCUT2D eigenvalue weighted by Crippen LogP contribution is 2.23. The Morgan fingerprint density at radius 2 is 2.11 bits per heavy atom. The van der Waals surface area contributed by atoms with Crippen molar-refractivity contribution in [2.75, 3.05) is 6.61 Å². The Bertz CT molecular complexity index is 408. The fraction of sp³-hybridized carbons (Fsp3) is 0.417. The smallest absolute Gasteiger partial charge is 0.387 e. The number of halogens is 3. The van der Waals surface area contributed by atoms with E-state index in [0.717, 1.165) is 12.1 Å². The zero-order chi connectivity index (χ0) is 13.5. The van der Waals surface area contributed by atoms with Crippen LogP contribution in [0.1, 0.15) is 18.9 Å². The van der Waals surface area contributed by atoms with Crippen LogP contribution in [0.2, 0.25) is 0 Å². The molecule has 1 rings (SSSR count). The van der Waals surface area contributed by atoms with E-state index < -0.39 is 18.4 Å². The highest BCUT2D eigenvalue weighted by Gasteiger charge is 2.12. The molecule has 0 unspecified atom stereocenters. The summed E-state index contributed by atoms with van der Waals surface area (Å²) in [6, 6.07) is 3.30. The third-order valence-electron chi connectivity index (χ3n) is 2.15. The molecule has 0 aliphatic carbocycles. The van der Waals surface area contributed by atoms with Gasteiger partial charge in [-0.1, -0.05) is 6.07 Å². The summed E-state index contributed by atoms with van der Waals surface area (Å²) in [6.07, 6.45) is 0.181. The van der Waals surface area contributed by atoms with Crippen LogP contribution in [0.3, 0.4) is 0 Å². The molecule has 100 valence electrons. The van der Waals surface area contributed by atoms with Gasteiger partial charge in [0, 0.05) is 12.5 Å². The first-order valence-corrected chi connectivity index (χ1v) is 5.41. The van der Waals surface area contributed by atoms with Crippen LogP contribution in [0.15, 0.2) is 18.2 Å². The molecule has 0 bridgehead atoms. The number of hydrogen-bond acceptors (Lipinski definition) is 3. The number of carbonyl (C=O) groups excluding carboxylic acids is 1. The van der Waals surface area contributed by atoms with Crippen molar-refractivity contribution in [2.24, 2.45) is 0 Å². The first-order chi connectivity index (χ1) is 8.52. The van der Waals surface area contributed by atoms with Gasteiger partial charge in [0.25, 0.3) is 0 Å². The van der Waals surface area contributed by atoms with Crippen LogP contribution in [-0.4, -0.2) is 19.2 Å². The molecule has 0 radical (unpaired) electrons. The molecule has 0 aromatic heterocycles. The zero-order valence-electron chi connectivity index (χ0n) is 9.79. The van der Waals surface area contributed by atoms with Crippen LogP contribution < -0.4 is 4.74 Å². The molecule has 0 heterocycles. The van der Waals surface area contributed by atoms with Crippen LogP contribution in [0, 0.1) is 5.82 Å². The highest BCUT2D eigenvalue weighted by molar-refractivity contribution is 5.69. The first-order valence-electron chi connectivity index (χ1n) is 5.41. The SMILES string of the molecule is CCOC(=O)CCc1ccc(F)cc1OC(F)F. The highest BCUT2D eigenvalue weighted by atomic mass is 19.3. The van der Waals surface area contributed by atoms with Crippen LogP contribution in [0.25, 0.3) is 0 Å². The standard InChI is InChI=1S/C12H13F3O3/c1-2-17-11(16)6-4-8-3-5-9(13)7-10(8)18-12(14)15/h3,5,7,12H,2,4,6H2,1H3. The topological polar surface area (TPSA) is 35.5 Å². The average molecular weight is 262 g/mol. The van der Waals surface area contributed by atoms with E-state index in [1.54, 1.807) is 6.92 Å². The fourth-order valence-electron chi connectivity index (χ4n) is 1.41. The van der Waals surface area contributed by atoms with Gasteiger partial charge in [-0.25, -0.2) is 4.39 Å². The molecule has 6 heteroatoms. The van der Waals surface area contributed by atoms with Gasteiger partial charge < -0.3 is 9.47 Å². The number of hydrogen-bond donors (Lipinski definition) is 0. The van der Waals surface area contributed by atoms with Crippen molar-refractivity contribution in [3.63, 3.8) is 0 Å². The first kappa shape index (κ1) is 14.3. The number of benzene rings is 1. The quantitative estimate of drug-likeness (QED) is 0.739. The van der Waals surface area contributed by atoms with Crippen LogP contribution in [-0.2, 0) is 16.0 Å². The second-order valence-corrected chi connectivity index (χ2v) is 3.44. The minimum Gasteiger partial charge on any atom is -0.466 e. The van der Waals surface area contributed by atoms with E-state index in [1.807, 2.05) is 0 Å². The summed E-state index contributed by atoms with van der Waals surface area (Å²) < 4.78 is 46.0. The summed E-state index contributed by atoms with van der Waals surface area (Å²) >= 11 is 0. The van der Waals surface area contributed by atoms with Crippen molar-refractivity contribution in [2.45, 2.75) is 26.4 Å². The fourth-order valence-corrected chi connectivity index (χ4v) is 1.41. The predicted molar refractivity (Wildman–Crippen MR) is 58.0 cm³/mol. The Balaban J connectivity index is 2.71. The van der Waals surface area contributed by atoms with Crippen molar-refractivity contribution in [1.82, 2.24) is 0 Å². The van der Waals surface area contributed by atoms with Crippen LogP contribution in [0.4, 0.5) is 13.2 Å². The molecule has 0 spiro atoms. The van der Waals surface area contributed by atoms with Crippen LogP contribution >= 0.6 is 0 Å². The van der Waals surface area contributed by atoms with E-state index in [2.05, 4.69) is 4.74 Å². The molecule has 0 amide bonds. The molecule has 0 saturated heterocycles. The summed E-state index contributed by atoms with van der Waals surface area (Å²) in [5, 5.41) is 0. The minimum atomic E-state index is -3.03. The normalized spacial score (nSPS) is 10.5. The lowest BCUT2D eigenvalue weighted by molar-refractivity contribution is -0.143. The lowest BCUT2D eigenvalue weighted by atomic mass is 10.1. The van der Waals surface area contributed by atoms with Gasteiger partial charge in [-0.3, -0.25) is 4.79 Å². The van der Waals surface area contributed by atoms with Crippen molar-refractivity contribution in [3.05, 3.63) is 29.6 Å². The zero-order valence-corrected chi connectivity index (χ0v) is 9.79. The predicted octanol–water partition coefficient (Wildman–Crippen LogP) is 2.92. The molecule has 0 fully saturated rings. The lowest BCUT2D eigenvalue weighted by Crippen LogP contribution is -2.08. The van der Waals surface area contributed by atoms with Gasteiger partial charge in [0.15, 0.2) is 0 Å². The van der Waals surface area contributed by atoms with E-state index in [-0.39, 0.29) is 25.2 Å². The van der Waals surface area contributed by atoms with Gasteiger partial charge in [0.05, 0.1) is 6.61 Å². The molecule has 0 aliphatic heterocycles. The molecule has 1 aromatic rings. The van der Waals surface area contributed by atoms with Crippen molar-refractivity contribution < 1.29 is 27.4 Å². The third kappa shape index (κ3) is 4.65. The molecule has 0 N–H and O–H groups in total. The third-order valence-corrected chi connectivity index (χ3v) is 2.15.